The van der Waals surface area contributed by atoms with Gasteiger partial charge in [-0.2, -0.15) is 13.2 Å². The molecule has 0 bridgehead atoms. The van der Waals surface area contributed by atoms with Crippen LogP contribution in [0.1, 0.15) is 35.9 Å². The van der Waals surface area contributed by atoms with Crippen molar-refractivity contribution in [3.63, 3.8) is 0 Å². The summed E-state index contributed by atoms with van der Waals surface area (Å²) in [6, 6.07) is 4.82. The van der Waals surface area contributed by atoms with Crippen LogP contribution in [0.4, 0.5) is 19.2 Å². The number of rotatable bonds is 7. The van der Waals surface area contributed by atoms with Gasteiger partial charge in [0.15, 0.2) is 0 Å². The fourth-order valence-electron chi connectivity index (χ4n) is 1.95. The minimum Gasteiger partial charge on any atom is -0.466 e. The molecule has 8 nitrogen and oxygen atoms in total. The largest absolute Gasteiger partial charge is 0.466 e. The van der Waals surface area contributed by atoms with Gasteiger partial charge in [-0.1, -0.05) is 6.07 Å². The average Bonchev–Trinajstić information content (AvgIpc) is 3.07. The van der Waals surface area contributed by atoms with Gasteiger partial charge in [0.2, 0.25) is 5.76 Å². The third-order valence-corrected chi connectivity index (χ3v) is 3.16. The molecule has 150 valence electrons. The molecule has 0 spiro atoms. The molecule has 0 aliphatic heterocycles. The Bertz CT molecular complexity index is 863. The summed E-state index contributed by atoms with van der Waals surface area (Å²) in [4.78, 5) is 37.8. The maximum atomic E-state index is 12.5. The van der Waals surface area contributed by atoms with Gasteiger partial charge < -0.3 is 13.9 Å². The standard InChI is InChI=1S/C17H15F3N2O6/c1-10(23)26-7-3-6-14(24)27-12-5-2-4-11(8-12)15(25)22-16-21-9-13(28-16)17(18,19)20/h2,4-5,8-9H,3,6-7H2,1H3,(H,21,22,25). The van der Waals surface area contributed by atoms with E-state index in [0.717, 1.165) is 0 Å². The lowest BCUT2D eigenvalue weighted by molar-refractivity contribution is -0.152. The van der Waals surface area contributed by atoms with Crippen molar-refractivity contribution in [2.45, 2.75) is 25.9 Å². The highest BCUT2D eigenvalue weighted by atomic mass is 19.4. The molecule has 1 aromatic carbocycles. The number of anilines is 1. The van der Waals surface area contributed by atoms with Crippen molar-refractivity contribution < 1.29 is 41.4 Å². The second-order valence-electron chi connectivity index (χ2n) is 5.43. The van der Waals surface area contributed by atoms with Crippen LogP contribution in [-0.2, 0) is 20.5 Å². The molecular formula is C17H15F3N2O6. The van der Waals surface area contributed by atoms with Gasteiger partial charge in [-0.3, -0.25) is 19.7 Å². The van der Waals surface area contributed by atoms with Gasteiger partial charge in [0.25, 0.3) is 5.91 Å². The maximum Gasteiger partial charge on any atom is 0.451 e. The number of hydrogen-bond acceptors (Lipinski definition) is 7. The Balaban J connectivity index is 1.92. The van der Waals surface area contributed by atoms with E-state index >= 15 is 0 Å². The molecule has 0 aliphatic carbocycles. The van der Waals surface area contributed by atoms with E-state index in [1.807, 2.05) is 0 Å². The SMILES string of the molecule is CC(=O)OCCCC(=O)Oc1cccc(C(=O)Nc2ncc(C(F)(F)F)o2)c1. The number of halogens is 3. The lowest BCUT2D eigenvalue weighted by atomic mass is 10.2. The molecule has 0 radical (unpaired) electrons. The molecule has 1 amide bonds. The van der Waals surface area contributed by atoms with E-state index < -0.39 is 35.8 Å². The van der Waals surface area contributed by atoms with Crippen molar-refractivity contribution in [1.29, 1.82) is 0 Å². The molecule has 1 aromatic heterocycles. The number of aromatic nitrogens is 1. The Morgan fingerprint density at radius 1 is 1.25 bits per heavy atom. The normalized spacial score (nSPS) is 11.0. The molecule has 0 aliphatic rings. The summed E-state index contributed by atoms with van der Waals surface area (Å²) in [6.07, 6.45) is -4.02. The van der Waals surface area contributed by atoms with E-state index in [0.29, 0.717) is 6.20 Å². The van der Waals surface area contributed by atoms with E-state index in [1.54, 1.807) is 0 Å². The Morgan fingerprint density at radius 3 is 2.64 bits per heavy atom. The number of amides is 1. The first-order valence-electron chi connectivity index (χ1n) is 7.93. The summed E-state index contributed by atoms with van der Waals surface area (Å²) < 4.78 is 51.6. The van der Waals surface area contributed by atoms with E-state index in [9.17, 15) is 27.6 Å². The molecule has 0 saturated carbocycles. The van der Waals surface area contributed by atoms with Crippen LogP contribution < -0.4 is 10.1 Å². The Hall–Kier alpha value is -3.37. The number of carbonyl (C=O) groups excluding carboxylic acids is 3. The number of alkyl halides is 3. The number of oxazole rings is 1. The highest BCUT2D eigenvalue weighted by molar-refractivity contribution is 6.03. The van der Waals surface area contributed by atoms with Crippen molar-refractivity contribution in [3.8, 4) is 5.75 Å². The van der Waals surface area contributed by atoms with E-state index in [2.05, 4.69) is 19.5 Å². The first-order valence-corrected chi connectivity index (χ1v) is 7.93. The number of esters is 2. The summed E-state index contributed by atoms with van der Waals surface area (Å²) >= 11 is 0. The van der Waals surface area contributed by atoms with Gasteiger partial charge in [0.1, 0.15) is 5.75 Å². The Labute approximate surface area is 156 Å². The predicted molar refractivity (Wildman–Crippen MR) is 87.4 cm³/mol. The Kier molecular flexibility index (Phi) is 6.74. The molecule has 0 unspecified atom stereocenters. The highest BCUT2D eigenvalue weighted by Crippen LogP contribution is 2.30. The van der Waals surface area contributed by atoms with Crippen LogP contribution in [0.2, 0.25) is 0 Å². The van der Waals surface area contributed by atoms with E-state index in [-0.39, 0.29) is 30.8 Å². The zero-order valence-electron chi connectivity index (χ0n) is 14.5. The van der Waals surface area contributed by atoms with Gasteiger partial charge in [-0.25, -0.2) is 4.98 Å². The third kappa shape index (κ3) is 6.41. The number of nitrogens with one attached hydrogen (secondary N) is 1. The van der Waals surface area contributed by atoms with Crippen molar-refractivity contribution >= 4 is 23.9 Å². The van der Waals surface area contributed by atoms with Crippen LogP contribution in [0.15, 0.2) is 34.9 Å². The first kappa shape index (κ1) is 20.9. The second-order valence-corrected chi connectivity index (χ2v) is 5.43. The molecule has 1 N–H and O–H groups in total. The van der Waals surface area contributed by atoms with E-state index in [1.165, 1.54) is 31.2 Å². The molecule has 1 heterocycles. The molecule has 11 heteroatoms. The summed E-state index contributed by atoms with van der Waals surface area (Å²) in [5, 5.41) is 2.08. The monoisotopic (exact) mass is 400 g/mol. The fraction of sp³-hybridized carbons (Fsp3) is 0.294. The van der Waals surface area contributed by atoms with Gasteiger partial charge in [0.05, 0.1) is 12.8 Å². The molecule has 2 aromatic rings. The number of benzene rings is 1. The van der Waals surface area contributed by atoms with Crippen LogP contribution >= 0.6 is 0 Å². The zero-order valence-corrected chi connectivity index (χ0v) is 14.5. The maximum absolute atomic E-state index is 12.5. The average molecular weight is 400 g/mol. The van der Waals surface area contributed by atoms with Crippen molar-refractivity contribution in [2.75, 3.05) is 11.9 Å². The molecule has 28 heavy (non-hydrogen) atoms. The van der Waals surface area contributed by atoms with Crippen molar-refractivity contribution in [3.05, 3.63) is 41.8 Å². The van der Waals surface area contributed by atoms with Crippen LogP contribution in [-0.4, -0.2) is 29.4 Å². The van der Waals surface area contributed by atoms with E-state index in [4.69, 9.17) is 4.74 Å². The van der Waals surface area contributed by atoms with Gasteiger partial charge in [-0.15, -0.1) is 0 Å². The lowest BCUT2D eigenvalue weighted by Gasteiger charge is -2.07. The minimum atomic E-state index is -4.72. The second kappa shape index (κ2) is 9.02. The van der Waals surface area contributed by atoms with Crippen LogP contribution in [0.5, 0.6) is 5.75 Å². The first-order chi connectivity index (χ1) is 13.1. The summed E-state index contributed by atoms with van der Waals surface area (Å²) in [6.45, 7) is 1.32. The smallest absolute Gasteiger partial charge is 0.451 e. The third-order valence-electron chi connectivity index (χ3n) is 3.16. The molecular weight excluding hydrogens is 385 g/mol. The highest BCUT2D eigenvalue weighted by Gasteiger charge is 2.35. The summed E-state index contributed by atoms with van der Waals surface area (Å²) in [5.74, 6) is -3.15. The van der Waals surface area contributed by atoms with Crippen LogP contribution in [0.3, 0.4) is 0 Å². The summed E-state index contributed by atoms with van der Waals surface area (Å²) in [5.41, 5.74) is 0.0111. The number of hydrogen-bond donors (Lipinski definition) is 1. The molecule has 0 saturated heterocycles. The topological polar surface area (TPSA) is 108 Å². The minimum absolute atomic E-state index is 0.0111. The van der Waals surface area contributed by atoms with Gasteiger partial charge in [-0.05, 0) is 24.6 Å². The molecule has 2 rings (SSSR count). The van der Waals surface area contributed by atoms with Crippen LogP contribution in [0, 0.1) is 0 Å². The number of carbonyl (C=O) groups is 3. The predicted octanol–water partition coefficient (Wildman–Crippen LogP) is 3.19. The zero-order chi connectivity index (χ0) is 20.7. The number of nitrogens with zero attached hydrogens (tertiary/aromatic N) is 1. The quantitative estimate of drug-likeness (QED) is 0.432. The Morgan fingerprint density at radius 2 is 2.00 bits per heavy atom. The lowest BCUT2D eigenvalue weighted by Crippen LogP contribution is -2.13. The molecule has 0 fully saturated rings. The van der Waals surface area contributed by atoms with Crippen molar-refractivity contribution in [1.82, 2.24) is 4.98 Å². The summed E-state index contributed by atoms with van der Waals surface area (Å²) in [7, 11) is 0. The van der Waals surface area contributed by atoms with Gasteiger partial charge in [0, 0.05) is 18.9 Å². The fourth-order valence-corrected chi connectivity index (χ4v) is 1.95. The van der Waals surface area contributed by atoms with Crippen molar-refractivity contribution in [2.24, 2.45) is 0 Å². The number of ether oxygens (including phenoxy) is 2. The van der Waals surface area contributed by atoms with Gasteiger partial charge >= 0.3 is 24.1 Å². The molecule has 0 atom stereocenters. The van der Waals surface area contributed by atoms with Crippen LogP contribution in [0.25, 0.3) is 0 Å².